The minimum atomic E-state index is -0.930. The summed E-state index contributed by atoms with van der Waals surface area (Å²) in [5, 5.41) is 11.1. The summed E-state index contributed by atoms with van der Waals surface area (Å²) in [5.74, 6) is 1.39. The van der Waals surface area contributed by atoms with Crippen molar-refractivity contribution in [2.45, 2.75) is 58.7 Å². The van der Waals surface area contributed by atoms with Gasteiger partial charge in [-0.2, -0.15) is 0 Å². The van der Waals surface area contributed by atoms with E-state index in [1.54, 1.807) is 0 Å². The average molecular weight is 278 g/mol. The third kappa shape index (κ3) is 1.78. The minimum Gasteiger partial charge on any atom is -0.459 e. The second kappa shape index (κ2) is 4.09. The first kappa shape index (κ1) is 14.1. The van der Waals surface area contributed by atoms with Crippen molar-refractivity contribution < 1.29 is 14.6 Å². The van der Waals surface area contributed by atoms with Gasteiger partial charge in [0.05, 0.1) is 0 Å². The van der Waals surface area contributed by atoms with Gasteiger partial charge < -0.3 is 9.84 Å². The molecular formula is C17H26O3. The molecule has 1 N–H and O–H groups in total. The first-order valence-electron chi connectivity index (χ1n) is 7.74. The molecule has 0 spiro atoms. The van der Waals surface area contributed by atoms with Crippen molar-refractivity contribution in [2.75, 3.05) is 0 Å². The average Bonchev–Trinajstić information content (AvgIpc) is 2.79. The fourth-order valence-corrected chi connectivity index (χ4v) is 5.22. The van der Waals surface area contributed by atoms with E-state index in [1.165, 1.54) is 18.9 Å². The minimum absolute atomic E-state index is 0.182. The fourth-order valence-electron chi connectivity index (χ4n) is 5.22. The summed E-state index contributed by atoms with van der Waals surface area (Å²) in [5.41, 5.74) is 0.617. The predicted molar refractivity (Wildman–Crippen MR) is 76.9 cm³/mol. The van der Waals surface area contributed by atoms with Crippen LogP contribution in [0.1, 0.15) is 47.0 Å². The van der Waals surface area contributed by atoms with Crippen LogP contribution in [0.2, 0.25) is 0 Å². The number of rotatable bonds is 1. The predicted octanol–water partition coefficient (Wildman–Crippen LogP) is 2.93. The summed E-state index contributed by atoms with van der Waals surface area (Å²) in [6, 6.07) is 0. The SMILES string of the molecule is C=C1CC[C@@H]2[C@H]([C@H]3[C@H]1C[C@@H](OC(C)=O)[C@]3(C)O)C2(C)C. The number of aliphatic hydroxyl groups is 1. The molecule has 112 valence electrons. The summed E-state index contributed by atoms with van der Waals surface area (Å²) in [7, 11) is 0. The van der Waals surface area contributed by atoms with E-state index in [9.17, 15) is 9.90 Å². The van der Waals surface area contributed by atoms with Crippen LogP contribution in [0.25, 0.3) is 0 Å². The van der Waals surface area contributed by atoms with Gasteiger partial charge in [0.25, 0.3) is 0 Å². The van der Waals surface area contributed by atoms with E-state index in [2.05, 4.69) is 20.4 Å². The molecule has 3 heteroatoms. The molecule has 0 bridgehead atoms. The number of ether oxygens (including phenoxy) is 1. The summed E-state index contributed by atoms with van der Waals surface area (Å²) in [6.07, 6.45) is 2.59. The van der Waals surface area contributed by atoms with E-state index in [4.69, 9.17) is 4.74 Å². The van der Waals surface area contributed by atoms with Crippen molar-refractivity contribution in [1.82, 2.24) is 0 Å². The van der Waals surface area contributed by atoms with Gasteiger partial charge in [0, 0.05) is 12.8 Å². The van der Waals surface area contributed by atoms with E-state index >= 15 is 0 Å². The van der Waals surface area contributed by atoms with Gasteiger partial charge in [-0.1, -0.05) is 26.0 Å². The number of allylic oxidation sites excluding steroid dienone is 1. The maximum atomic E-state index is 11.3. The Hall–Kier alpha value is -0.830. The topological polar surface area (TPSA) is 46.5 Å². The molecule has 3 rings (SSSR count). The smallest absolute Gasteiger partial charge is 0.303 e. The van der Waals surface area contributed by atoms with E-state index < -0.39 is 5.60 Å². The van der Waals surface area contributed by atoms with Crippen molar-refractivity contribution in [2.24, 2.45) is 29.1 Å². The van der Waals surface area contributed by atoms with Crippen LogP contribution >= 0.6 is 0 Å². The second-order valence-corrected chi connectivity index (χ2v) is 7.84. The molecule has 20 heavy (non-hydrogen) atoms. The summed E-state index contributed by atoms with van der Waals surface area (Å²) in [6.45, 7) is 12.1. The molecule has 0 aromatic carbocycles. The van der Waals surface area contributed by atoms with Crippen LogP contribution in [0.15, 0.2) is 12.2 Å². The molecular weight excluding hydrogens is 252 g/mol. The number of hydrogen-bond acceptors (Lipinski definition) is 3. The van der Waals surface area contributed by atoms with E-state index in [0.717, 1.165) is 12.8 Å². The van der Waals surface area contributed by atoms with Crippen molar-refractivity contribution in [3.8, 4) is 0 Å². The molecule has 0 radical (unpaired) electrons. The normalized spacial score (nSPS) is 49.0. The van der Waals surface area contributed by atoms with Crippen LogP contribution in [-0.2, 0) is 9.53 Å². The molecule has 0 aliphatic heterocycles. The van der Waals surface area contributed by atoms with Crippen molar-refractivity contribution >= 4 is 5.97 Å². The molecule has 0 aromatic heterocycles. The zero-order chi connectivity index (χ0) is 14.9. The van der Waals surface area contributed by atoms with Gasteiger partial charge in [-0.25, -0.2) is 0 Å². The largest absolute Gasteiger partial charge is 0.459 e. The highest BCUT2D eigenvalue weighted by Crippen LogP contribution is 2.71. The number of hydrogen-bond donors (Lipinski definition) is 1. The summed E-state index contributed by atoms with van der Waals surface area (Å²) in [4.78, 5) is 11.3. The fraction of sp³-hybridized carbons (Fsp3) is 0.824. The molecule has 3 fully saturated rings. The number of esters is 1. The first-order chi connectivity index (χ1) is 9.17. The lowest BCUT2D eigenvalue weighted by atomic mass is 9.77. The Morgan fingerprint density at radius 3 is 2.60 bits per heavy atom. The van der Waals surface area contributed by atoms with E-state index in [-0.39, 0.29) is 18.0 Å². The van der Waals surface area contributed by atoms with Gasteiger partial charge in [-0.3, -0.25) is 4.79 Å². The lowest BCUT2D eigenvalue weighted by molar-refractivity contribution is -0.161. The van der Waals surface area contributed by atoms with Gasteiger partial charge in [-0.05, 0) is 49.4 Å². The lowest BCUT2D eigenvalue weighted by Crippen LogP contribution is -2.44. The quantitative estimate of drug-likeness (QED) is 0.592. The van der Waals surface area contributed by atoms with Gasteiger partial charge in [0.2, 0.25) is 0 Å². The van der Waals surface area contributed by atoms with Crippen LogP contribution in [0, 0.1) is 29.1 Å². The van der Waals surface area contributed by atoms with Gasteiger partial charge in [0.1, 0.15) is 11.7 Å². The molecule has 0 saturated heterocycles. The molecule has 0 aromatic rings. The Morgan fingerprint density at radius 2 is 2.00 bits per heavy atom. The highest BCUT2D eigenvalue weighted by atomic mass is 16.6. The Morgan fingerprint density at radius 1 is 1.35 bits per heavy atom. The Bertz CT molecular complexity index is 463. The molecule has 6 atom stereocenters. The summed E-state index contributed by atoms with van der Waals surface area (Å²) < 4.78 is 5.41. The first-order valence-corrected chi connectivity index (χ1v) is 7.74. The second-order valence-electron chi connectivity index (χ2n) is 7.84. The zero-order valence-corrected chi connectivity index (χ0v) is 13.0. The molecule has 3 aliphatic carbocycles. The highest BCUT2D eigenvalue weighted by Gasteiger charge is 2.69. The van der Waals surface area contributed by atoms with E-state index in [0.29, 0.717) is 23.2 Å². The van der Waals surface area contributed by atoms with Crippen LogP contribution in [0.3, 0.4) is 0 Å². The number of carbonyl (C=O) groups is 1. The Balaban J connectivity index is 1.94. The summed E-state index contributed by atoms with van der Waals surface area (Å²) >= 11 is 0. The lowest BCUT2D eigenvalue weighted by Gasteiger charge is -2.33. The molecule has 3 saturated carbocycles. The van der Waals surface area contributed by atoms with Crippen molar-refractivity contribution in [3.05, 3.63) is 12.2 Å². The molecule has 0 heterocycles. The molecule has 3 nitrogen and oxygen atoms in total. The highest BCUT2D eigenvalue weighted by molar-refractivity contribution is 5.66. The van der Waals surface area contributed by atoms with Gasteiger partial charge in [-0.15, -0.1) is 0 Å². The van der Waals surface area contributed by atoms with Crippen LogP contribution in [-0.4, -0.2) is 22.8 Å². The third-order valence-corrected chi connectivity index (χ3v) is 6.36. The maximum Gasteiger partial charge on any atom is 0.303 e. The number of carbonyl (C=O) groups excluding carboxylic acids is 1. The van der Waals surface area contributed by atoms with Crippen LogP contribution < -0.4 is 0 Å². The standard InChI is InChI=1S/C17H26O3/c1-9-6-7-12-15(16(12,3)4)14-11(9)8-13(17(14,5)19)20-10(2)18/h11-15,19H,1,6-8H2,2-5H3/t11-,12+,13+,14+,15+,17-/m0/s1. The molecule has 0 amide bonds. The zero-order valence-electron chi connectivity index (χ0n) is 13.0. The van der Waals surface area contributed by atoms with Crippen LogP contribution in [0.4, 0.5) is 0 Å². The van der Waals surface area contributed by atoms with Crippen LogP contribution in [0.5, 0.6) is 0 Å². The maximum absolute atomic E-state index is 11.3. The van der Waals surface area contributed by atoms with Crippen molar-refractivity contribution in [3.63, 3.8) is 0 Å². The number of fused-ring (bicyclic) bond motifs is 3. The molecule has 3 aliphatic rings. The van der Waals surface area contributed by atoms with E-state index in [1.807, 2.05) is 6.92 Å². The third-order valence-electron chi connectivity index (χ3n) is 6.36. The van der Waals surface area contributed by atoms with Gasteiger partial charge in [0.15, 0.2) is 0 Å². The Labute approximate surface area is 121 Å². The Kier molecular flexibility index (Phi) is 2.89. The monoisotopic (exact) mass is 278 g/mol. The molecule has 0 unspecified atom stereocenters. The van der Waals surface area contributed by atoms with Gasteiger partial charge >= 0.3 is 5.97 Å². The van der Waals surface area contributed by atoms with Crippen molar-refractivity contribution in [1.29, 1.82) is 0 Å².